The van der Waals surface area contributed by atoms with Gasteiger partial charge in [0, 0.05) is 50.6 Å². The molecule has 1 amide bonds. The van der Waals surface area contributed by atoms with Crippen molar-refractivity contribution in [3.63, 3.8) is 0 Å². The number of morpholine rings is 1. The topological polar surface area (TPSA) is 71.5 Å². The molecule has 2 aromatic rings. The summed E-state index contributed by atoms with van der Waals surface area (Å²) in [5, 5.41) is 0. The number of pyridine rings is 1. The lowest BCUT2D eigenvalue weighted by atomic mass is 9.81. The van der Waals surface area contributed by atoms with Gasteiger partial charge in [0.1, 0.15) is 12.1 Å². The summed E-state index contributed by atoms with van der Waals surface area (Å²) in [6.07, 6.45) is 8.69. The zero-order valence-electron chi connectivity index (χ0n) is 16.3. The highest BCUT2D eigenvalue weighted by Gasteiger charge is 2.41. The second-order valence-corrected chi connectivity index (χ2v) is 7.58. The van der Waals surface area contributed by atoms with Crippen molar-refractivity contribution in [3.8, 4) is 0 Å². The summed E-state index contributed by atoms with van der Waals surface area (Å²) < 4.78 is 6.01. The number of anilines is 1. The van der Waals surface area contributed by atoms with E-state index in [2.05, 4.69) is 19.9 Å². The maximum Gasteiger partial charge on any atom is 0.225 e. The highest BCUT2D eigenvalue weighted by molar-refractivity contribution is 5.79. The summed E-state index contributed by atoms with van der Waals surface area (Å²) in [7, 11) is 1.90. The number of likely N-dealkylation sites (N-methyl/N-ethyl adjacent to an activating group) is 1. The molecule has 0 radical (unpaired) electrons. The quantitative estimate of drug-likeness (QED) is 0.788. The SMILES string of the molecule is CN(CCc1ccccn1)C(=O)[C@H]1CC[C@H]2OCCN(c3ccncn3)[C@@H]2C1. The molecule has 2 aliphatic rings. The van der Waals surface area contributed by atoms with Gasteiger partial charge in [0.15, 0.2) is 0 Å². The number of hydrogen-bond acceptors (Lipinski definition) is 6. The molecule has 0 unspecified atom stereocenters. The second-order valence-electron chi connectivity index (χ2n) is 7.58. The number of rotatable bonds is 5. The van der Waals surface area contributed by atoms with E-state index >= 15 is 0 Å². The molecule has 28 heavy (non-hydrogen) atoms. The molecule has 2 fully saturated rings. The van der Waals surface area contributed by atoms with Gasteiger partial charge in [0.25, 0.3) is 0 Å². The van der Waals surface area contributed by atoms with Crippen molar-refractivity contribution < 1.29 is 9.53 Å². The average molecular weight is 381 g/mol. The van der Waals surface area contributed by atoms with Crippen molar-refractivity contribution in [3.05, 3.63) is 48.7 Å². The maximum atomic E-state index is 13.1. The first-order chi connectivity index (χ1) is 13.7. The molecule has 1 saturated carbocycles. The number of carbonyl (C=O) groups is 1. The zero-order chi connectivity index (χ0) is 19.3. The fourth-order valence-electron chi connectivity index (χ4n) is 4.32. The molecule has 0 aromatic carbocycles. The lowest BCUT2D eigenvalue weighted by molar-refractivity contribution is -0.137. The first-order valence-corrected chi connectivity index (χ1v) is 10.0. The summed E-state index contributed by atoms with van der Waals surface area (Å²) in [6.45, 7) is 2.19. The van der Waals surface area contributed by atoms with Gasteiger partial charge in [-0.05, 0) is 37.5 Å². The number of fused-ring (bicyclic) bond motifs is 1. The fraction of sp³-hybridized carbons (Fsp3) is 0.524. The molecule has 1 aliphatic heterocycles. The number of ether oxygens (including phenoxy) is 1. The van der Waals surface area contributed by atoms with Gasteiger partial charge in [-0.25, -0.2) is 9.97 Å². The predicted octanol–water partition coefficient (Wildman–Crippen LogP) is 1.95. The minimum absolute atomic E-state index is 0.0287. The molecule has 1 aliphatic carbocycles. The Morgan fingerprint density at radius 3 is 2.96 bits per heavy atom. The van der Waals surface area contributed by atoms with Gasteiger partial charge in [-0.3, -0.25) is 9.78 Å². The van der Waals surface area contributed by atoms with Gasteiger partial charge in [0.2, 0.25) is 5.91 Å². The molecular weight excluding hydrogens is 354 g/mol. The number of carbonyl (C=O) groups excluding carboxylic acids is 1. The molecule has 1 saturated heterocycles. The van der Waals surface area contributed by atoms with Crippen LogP contribution in [0.25, 0.3) is 0 Å². The van der Waals surface area contributed by atoms with Crippen LogP contribution in [0.3, 0.4) is 0 Å². The highest BCUT2D eigenvalue weighted by atomic mass is 16.5. The van der Waals surface area contributed by atoms with Gasteiger partial charge < -0.3 is 14.5 Å². The van der Waals surface area contributed by atoms with Crippen LogP contribution in [0.15, 0.2) is 43.0 Å². The van der Waals surface area contributed by atoms with Crippen molar-refractivity contribution in [1.29, 1.82) is 0 Å². The molecule has 7 heteroatoms. The minimum atomic E-state index is 0.0287. The van der Waals surface area contributed by atoms with Gasteiger partial charge in [-0.1, -0.05) is 6.07 Å². The third kappa shape index (κ3) is 4.14. The number of amides is 1. The van der Waals surface area contributed by atoms with E-state index in [0.29, 0.717) is 13.2 Å². The van der Waals surface area contributed by atoms with Crippen molar-refractivity contribution in [2.24, 2.45) is 5.92 Å². The Morgan fingerprint density at radius 2 is 2.18 bits per heavy atom. The normalized spacial score (nSPS) is 24.5. The van der Waals surface area contributed by atoms with Crippen LogP contribution in [-0.2, 0) is 16.0 Å². The molecule has 0 N–H and O–H groups in total. The van der Waals surface area contributed by atoms with Crippen LogP contribution in [0.1, 0.15) is 25.0 Å². The third-order valence-corrected chi connectivity index (χ3v) is 5.83. The van der Waals surface area contributed by atoms with Crippen molar-refractivity contribution in [2.75, 3.05) is 31.6 Å². The van der Waals surface area contributed by atoms with E-state index in [-0.39, 0.29) is 24.0 Å². The highest BCUT2D eigenvalue weighted by Crippen LogP contribution is 2.34. The Bertz CT molecular complexity index is 773. The van der Waals surface area contributed by atoms with E-state index in [9.17, 15) is 4.79 Å². The predicted molar refractivity (Wildman–Crippen MR) is 106 cm³/mol. The smallest absolute Gasteiger partial charge is 0.225 e. The summed E-state index contributed by atoms with van der Waals surface area (Å²) in [4.78, 5) is 30.0. The van der Waals surface area contributed by atoms with Crippen LogP contribution in [0.4, 0.5) is 5.82 Å². The van der Waals surface area contributed by atoms with E-state index in [1.54, 1.807) is 18.7 Å². The molecule has 0 bridgehead atoms. The van der Waals surface area contributed by atoms with Crippen LogP contribution < -0.4 is 4.90 Å². The zero-order valence-corrected chi connectivity index (χ0v) is 16.3. The minimum Gasteiger partial charge on any atom is -0.374 e. The van der Waals surface area contributed by atoms with Gasteiger partial charge in [-0.2, -0.15) is 0 Å². The Morgan fingerprint density at radius 1 is 1.25 bits per heavy atom. The van der Waals surface area contributed by atoms with Gasteiger partial charge in [-0.15, -0.1) is 0 Å². The van der Waals surface area contributed by atoms with Gasteiger partial charge >= 0.3 is 0 Å². The monoisotopic (exact) mass is 381 g/mol. The third-order valence-electron chi connectivity index (χ3n) is 5.83. The first-order valence-electron chi connectivity index (χ1n) is 10.0. The maximum absolute atomic E-state index is 13.1. The molecule has 2 aromatic heterocycles. The molecule has 7 nitrogen and oxygen atoms in total. The van der Waals surface area contributed by atoms with E-state index in [4.69, 9.17) is 4.74 Å². The number of hydrogen-bond donors (Lipinski definition) is 0. The number of aromatic nitrogens is 3. The fourth-order valence-corrected chi connectivity index (χ4v) is 4.32. The lowest BCUT2D eigenvalue weighted by Gasteiger charge is -2.46. The van der Waals surface area contributed by atoms with Crippen LogP contribution in [-0.4, -0.2) is 64.6 Å². The Balaban J connectivity index is 1.39. The van der Waals surface area contributed by atoms with E-state index in [0.717, 1.165) is 43.7 Å². The number of nitrogens with zero attached hydrogens (tertiary/aromatic N) is 5. The molecule has 148 valence electrons. The van der Waals surface area contributed by atoms with E-state index in [1.165, 1.54) is 0 Å². The van der Waals surface area contributed by atoms with E-state index in [1.807, 2.05) is 36.2 Å². The average Bonchev–Trinajstić information content (AvgIpc) is 2.77. The Kier molecular flexibility index (Phi) is 5.81. The molecule has 0 spiro atoms. The van der Waals surface area contributed by atoms with Crippen molar-refractivity contribution >= 4 is 11.7 Å². The Labute approximate surface area is 165 Å². The summed E-state index contributed by atoms with van der Waals surface area (Å²) >= 11 is 0. The van der Waals surface area contributed by atoms with Crippen molar-refractivity contribution in [2.45, 2.75) is 37.8 Å². The summed E-state index contributed by atoms with van der Waals surface area (Å²) in [6, 6.07) is 8.02. The van der Waals surface area contributed by atoms with E-state index < -0.39 is 0 Å². The standard InChI is InChI=1S/C21H27N5O2/c1-25(11-8-17-4-2-3-9-23-17)21(27)16-5-6-19-18(14-16)26(12-13-28-19)20-7-10-22-15-24-20/h2-4,7,9-10,15-16,18-19H,5-6,8,11-14H2,1H3/t16-,18+,19+/m0/s1. The van der Waals surface area contributed by atoms with Crippen LogP contribution >= 0.6 is 0 Å². The first kappa shape index (κ1) is 18.8. The lowest BCUT2D eigenvalue weighted by Crippen LogP contribution is -2.56. The van der Waals surface area contributed by atoms with Gasteiger partial charge in [0.05, 0.1) is 18.8 Å². The molecular formula is C21H27N5O2. The Hall–Kier alpha value is -2.54. The van der Waals surface area contributed by atoms with Crippen LogP contribution in [0, 0.1) is 5.92 Å². The summed E-state index contributed by atoms with van der Waals surface area (Å²) in [5.41, 5.74) is 1.02. The molecule has 4 rings (SSSR count). The largest absolute Gasteiger partial charge is 0.374 e. The summed E-state index contributed by atoms with van der Waals surface area (Å²) in [5.74, 6) is 1.17. The van der Waals surface area contributed by atoms with Crippen LogP contribution in [0.5, 0.6) is 0 Å². The van der Waals surface area contributed by atoms with Crippen molar-refractivity contribution in [1.82, 2.24) is 19.9 Å². The molecule has 3 atom stereocenters. The second kappa shape index (κ2) is 8.65. The molecule has 3 heterocycles. The van der Waals surface area contributed by atoms with Crippen LogP contribution in [0.2, 0.25) is 0 Å².